The van der Waals surface area contributed by atoms with Crippen molar-refractivity contribution in [3.8, 4) is 5.75 Å². The first kappa shape index (κ1) is 20.7. The Balaban J connectivity index is 0.000000412. The first-order chi connectivity index (χ1) is 12.1. The molecule has 0 aliphatic heterocycles. The van der Waals surface area contributed by atoms with Gasteiger partial charge in [-0.05, 0) is 29.8 Å². The summed E-state index contributed by atoms with van der Waals surface area (Å²) in [6.45, 7) is 0.430. The van der Waals surface area contributed by atoms with Crippen molar-refractivity contribution in [3.63, 3.8) is 0 Å². The number of benzene rings is 1. The molecule has 7 nitrogen and oxygen atoms in total. The number of amides is 1. The van der Waals surface area contributed by atoms with E-state index in [1.54, 1.807) is 19.2 Å². The van der Waals surface area contributed by atoms with Crippen molar-refractivity contribution in [2.24, 2.45) is 0 Å². The number of nitrogens with one attached hydrogen (secondary N) is 1. The third kappa shape index (κ3) is 7.07. The molecule has 0 atom stereocenters. The number of nitrogens with zero attached hydrogens (tertiary/aromatic N) is 1. The number of nitrogen functional groups attached to an aromatic ring is 1. The minimum Gasteiger partial charge on any atom is -0.497 e. The monoisotopic (exact) mass is 371 g/mol. The van der Waals surface area contributed by atoms with Crippen molar-refractivity contribution in [1.82, 2.24) is 10.3 Å². The Bertz CT molecular complexity index is 749. The summed E-state index contributed by atoms with van der Waals surface area (Å²) in [5, 5.41) is 9.91. The number of hydrogen-bond acceptors (Lipinski definition) is 5. The molecule has 10 heteroatoms. The van der Waals surface area contributed by atoms with Gasteiger partial charge >= 0.3 is 12.1 Å². The van der Waals surface area contributed by atoms with Crippen LogP contribution in [0.5, 0.6) is 5.75 Å². The van der Waals surface area contributed by atoms with Crippen molar-refractivity contribution >= 4 is 17.6 Å². The van der Waals surface area contributed by atoms with Crippen molar-refractivity contribution in [3.05, 3.63) is 53.9 Å². The number of aromatic nitrogens is 1. The van der Waals surface area contributed by atoms with E-state index in [2.05, 4.69) is 10.3 Å². The molecular formula is C16H16F3N3O4. The van der Waals surface area contributed by atoms with Gasteiger partial charge in [-0.1, -0.05) is 12.1 Å². The summed E-state index contributed by atoms with van der Waals surface area (Å²) in [6, 6.07) is 10.7. The highest BCUT2D eigenvalue weighted by atomic mass is 19.4. The second kappa shape index (κ2) is 9.25. The van der Waals surface area contributed by atoms with Gasteiger partial charge in [0.25, 0.3) is 5.91 Å². The summed E-state index contributed by atoms with van der Waals surface area (Å²) in [7, 11) is 1.61. The normalized spacial score (nSPS) is 10.3. The van der Waals surface area contributed by atoms with E-state index in [-0.39, 0.29) is 5.91 Å². The Kier molecular flexibility index (Phi) is 7.38. The highest BCUT2D eigenvalue weighted by Crippen LogP contribution is 2.13. The molecule has 0 radical (unpaired) electrons. The first-order valence-electron chi connectivity index (χ1n) is 7.06. The number of pyridine rings is 1. The molecule has 1 aromatic carbocycles. The Morgan fingerprint density at radius 2 is 1.81 bits per heavy atom. The number of anilines is 1. The van der Waals surface area contributed by atoms with Crippen LogP contribution in [0.15, 0.2) is 42.6 Å². The van der Waals surface area contributed by atoms with Crippen LogP contribution in [0, 0.1) is 0 Å². The summed E-state index contributed by atoms with van der Waals surface area (Å²) in [5.41, 5.74) is 7.42. The molecule has 0 saturated heterocycles. The second-order valence-electron chi connectivity index (χ2n) is 4.81. The van der Waals surface area contributed by atoms with E-state index in [9.17, 15) is 18.0 Å². The number of carboxylic acid groups (broad SMARTS) is 1. The number of aliphatic carboxylic acids is 1. The largest absolute Gasteiger partial charge is 0.497 e. The number of carbonyl (C=O) groups is 2. The molecule has 1 amide bonds. The van der Waals surface area contributed by atoms with Crippen molar-refractivity contribution in [2.45, 2.75) is 12.7 Å². The van der Waals surface area contributed by atoms with Crippen molar-refractivity contribution in [1.29, 1.82) is 0 Å². The van der Waals surface area contributed by atoms with Gasteiger partial charge in [-0.3, -0.25) is 9.78 Å². The molecule has 0 bridgehead atoms. The Morgan fingerprint density at radius 1 is 1.23 bits per heavy atom. The molecule has 0 spiro atoms. The van der Waals surface area contributed by atoms with Crippen LogP contribution < -0.4 is 15.8 Å². The van der Waals surface area contributed by atoms with E-state index >= 15 is 0 Å². The van der Waals surface area contributed by atoms with Gasteiger partial charge in [-0.15, -0.1) is 0 Å². The van der Waals surface area contributed by atoms with Crippen molar-refractivity contribution in [2.75, 3.05) is 12.8 Å². The summed E-state index contributed by atoms with van der Waals surface area (Å²) < 4.78 is 36.8. The third-order valence-electron chi connectivity index (χ3n) is 2.87. The SMILES string of the molecule is COc1ccc(CNC(=O)c2cc(N)ccn2)cc1.O=C(O)C(F)(F)F. The lowest BCUT2D eigenvalue weighted by molar-refractivity contribution is -0.192. The molecule has 2 aromatic rings. The molecular weight excluding hydrogens is 355 g/mol. The molecule has 1 heterocycles. The van der Waals surface area contributed by atoms with E-state index in [0.29, 0.717) is 17.9 Å². The molecule has 2 rings (SSSR count). The maximum absolute atomic E-state index is 11.8. The van der Waals surface area contributed by atoms with Gasteiger partial charge in [0.2, 0.25) is 0 Å². The maximum atomic E-state index is 11.8. The molecule has 0 fully saturated rings. The first-order valence-corrected chi connectivity index (χ1v) is 7.06. The molecule has 0 unspecified atom stereocenters. The zero-order valence-corrected chi connectivity index (χ0v) is 13.6. The number of alkyl halides is 3. The minimum atomic E-state index is -5.08. The predicted molar refractivity (Wildman–Crippen MR) is 86.5 cm³/mol. The average Bonchev–Trinajstić information content (AvgIpc) is 2.60. The zero-order valence-electron chi connectivity index (χ0n) is 13.6. The predicted octanol–water partition coefficient (Wildman–Crippen LogP) is 2.24. The summed E-state index contributed by atoms with van der Waals surface area (Å²) >= 11 is 0. The van der Waals surface area contributed by atoms with Gasteiger partial charge in [0.1, 0.15) is 11.4 Å². The van der Waals surface area contributed by atoms with Gasteiger partial charge in [-0.25, -0.2) is 4.79 Å². The average molecular weight is 371 g/mol. The van der Waals surface area contributed by atoms with E-state index in [1.807, 2.05) is 24.3 Å². The lowest BCUT2D eigenvalue weighted by Gasteiger charge is -2.06. The molecule has 0 aliphatic carbocycles. The number of ether oxygens (including phenoxy) is 1. The topological polar surface area (TPSA) is 115 Å². The van der Waals surface area contributed by atoms with Crippen LogP contribution >= 0.6 is 0 Å². The Hall–Kier alpha value is -3.30. The van der Waals surface area contributed by atoms with Gasteiger partial charge in [-0.2, -0.15) is 13.2 Å². The van der Waals surface area contributed by atoms with Crippen molar-refractivity contribution < 1.29 is 32.6 Å². The van der Waals surface area contributed by atoms with Crippen LogP contribution in [-0.4, -0.2) is 35.3 Å². The molecule has 0 saturated carbocycles. The number of halogens is 3. The molecule has 26 heavy (non-hydrogen) atoms. The minimum absolute atomic E-state index is 0.247. The Morgan fingerprint density at radius 3 is 2.27 bits per heavy atom. The highest BCUT2D eigenvalue weighted by Gasteiger charge is 2.38. The number of carboxylic acids is 1. The van der Waals surface area contributed by atoms with Crippen LogP contribution in [0.2, 0.25) is 0 Å². The van der Waals surface area contributed by atoms with E-state index in [4.69, 9.17) is 20.4 Å². The number of methoxy groups -OCH3 is 1. The Labute approximate surface area is 146 Å². The molecule has 1 aromatic heterocycles. The fourth-order valence-electron chi connectivity index (χ4n) is 1.59. The quantitative estimate of drug-likeness (QED) is 0.759. The number of hydrogen-bond donors (Lipinski definition) is 3. The number of nitrogens with two attached hydrogens (primary N) is 1. The van der Waals surface area contributed by atoms with Crippen LogP contribution in [0.4, 0.5) is 18.9 Å². The fraction of sp³-hybridized carbons (Fsp3) is 0.188. The summed E-state index contributed by atoms with van der Waals surface area (Å²) in [6.07, 6.45) is -3.57. The zero-order chi connectivity index (χ0) is 19.7. The van der Waals surface area contributed by atoms with Crippen LogP contribution in [0.1, 0.15) is 16.1 Å². The maximum Gasteiger partial charge on any atom is 0.490 e. The van der Waals surface area contributed by atoms with Gasteiger partial charge in [0.05, 0.1) is 7.11 Å². The van der Waals surface area contributed by atoms with E-state index in [0.717, 1.165) is 11.3 Å². The van der Waals surface area contributed by atoms with Crippen LogP contribution in [0.3, 0.4) is 0 Å². The second-order valence-corrected chi connectivity index (χ2v) is 4.81. The number of rotatable bonds is 4. The van der Waals surface area contributed by atoms with Crippen LogP contribution in [-0.2, 0) is 11.3 Å². The van der Waals surface area contributed by atoms with Gasteiger partial charge < -0.3 is 20.9 Å². The van der Waals surface area contributed by atoms with Gasteiger partial charge in [0, 0.05) is 18.4 Å². The lowest BCUT2D eigenvalue weighted by Crippen LogP contribution is -2.23. The smallest absolute Gasteiger partial charge is 0.490 e. The van der Waals surface area contributed by atoms with E-state index in [1.165, 1.54) is 6.20 Å². The third-order valence-corrected chi connectivity index (χ3v) is 2.87. The lowest BCUT2D eigenvalue weighted by atomic mass is 10.2. The summed E-state index contributed by atoms with van der Waals surface area (Å²) in [5.74, 6) is -2.22. The highest BCUT2D eigenvalue weighted by molar-refractivity contribution is 5.92. The number of carbonyl (C=O) groups excluding carboxylic acids is 1. The van der Waals surface area contributed by atoms with Crippen LogP contribution in [0.25, 0.3) is 0 Å². The van der Waals surface area contributed by atoms with Gasteiger partial charge in [0.15, 0.2) is 0 Å². The standard InChI is InChI=1S/C14H15N3O2.C2HF3O2/c1-19-12-4-2-10(3-5-12)9-17-14(18)13-8-11(15)6-7-16-13;3-2(4,5)1(6)7/h2-8H,9H2,1H3,(H2,15,16)(H,17,18);(H,6,7). The summed E-state index contributed by atoms with van der Waals surface area (Å²) in [4.78, 5) is 24.7. The molecule has 140 valence electrons. The molecule has 4 N–H and O–H groups in total. The molecule has 0 aliphatic rings. The fourth-order valence-corrected chi connectivity index (χ4v) is 1.59. The van der Waals surface area contributed by atoms with E-state index < -0.39 is 12.1 Å².